The number of rotatable bonds is 4. The van der Waals surface area contributed by atoms with E-state index >= 15 is 0 Å². The maximum absolute atomic E-state index is 12.9. The van der Waals surface area contributed by atoms with Gasteiger partial charge in [0.25, 0.3) is 0 Å². The normalized spacial score (nSPS) is 15.3. The zero-order chi connectivity index (χ0) is 20.3. The Labute approximate surface area is 169 Å². The number of hydrogen-bond acceptors (Lipinski definition) is 3. The number of carbonyl (C=O) groups excluding carboxylic acids is 2. The number of urea groups is 1. The minimum atomic E-state index is -0.622. The molecule has 0 aliphatic carbocycles. The number of hydrogen-bond donors (Lipinski definition) is 2. The molecular weight excluding hydrogens is 378 g/mol. The fourth-order valence-corrected chi connectivity index (χ4v) is 3.20. The number of para-hydroxylation sites is 1. The molecule has 2 aromatic rings. The van der Waals surface area contributed by atoms with Crippen molar-refractivity contribution < 1.29 is 14.3 Å². The molecular formula is C21H24ClN3O3. The fourth-order valence-electron chi connectivity index (χ4n) is 3.02. The first-order chi connectivity index (χ1) is 13.3. The second-order valence-corrected chi connectivity index (χ2v) is 7.78. The van der Waals surface area contributed by atoms with Crippen molar-refractivity contribution in [1.82, 2.24) is 0 Å². The van der Waals surface area contributed by atoms with E-state index in [0.717, 1.165) is 12.1 Å². The van der Waals surface area contributed by atoms with E-state index in [1.54, 1.807) is 47.4 Å². The van der Waals surface area contributed by atoms with Crippen molar-refractivity contribution in [3.05, 3.63) is 47.5 Å². The SMILES string of the molecule is CCCN1C(=O)C(C)(C)COc2cc(NC(=O)Nc3ccccc3Cl)ccc21. The third-order valence-electron chi connectivity index (χ3n) is 4.49. The third-order valence-corrected chi connectivity index (χ3v) is 4.82. The lowest BCUT2D eigenvalue weighted by molar-refractivity contribution is -0.127. The minimum Gasteiger partial charge on any atom is -0.490 e. The van der Waals surface area contributed by atoms with Crippen LogP contribution in [-0.2, 0) is 4.79 Å². The van der Waals surface area contributed by atoms with Gasteiger partial charge in [-0.3, -0.25) is 4.79 Å². The molecule has 0 fully saturated rings. The molecule has 1 aliphatic heterocycles. The molecule has 28 heavy (non-hydrogen) atoms. The number of nitrogens with zero attached hydrogens (tertiary/aromatic N) is 1. The second kappa shape index (κ2) is 8.10. The van der Waals surface area contributed by atoms with Crippen LogP contribution in [0.2, 0.25) is 5.02 Å². The number of anilines is 3. The summed E-state index contributed by atoms with van der Waals surface area (Å²) >= 11 is 6.07. The highest BCUT2D eigenvalue weighted by atomic mass is 35.5. The van der Waals surface area contributed by atoms with Crippen LogP contribution in [0.4, 0.5) is 21.9 Å². The van der Waals surface area contributed by atoms with Gasteiger partial charge in [-0.05, 0) is 44.5 Å². The number of halogens is 1. The molecule has 0 radical (unpaired) electrons. The molecule has 148 valence electrons. The lowest BCUT2D eigenvalue weighted by Crippen LogP contribution is -2.42. The molecule has 7 heteroatoms. The molecule has 1 aliphatic rings. The summed E-state index contributed by atoms with van der Waals surface area (Å²) in [5.41, 5.74) is 1.18. The van der Waals surface area contributed by atoms with Gasteiger partial charge in [-0.2, -0.15) is 0 Å². The summed E-state index contributed by atoms with van der Waals surface area (Å²) in [4.78, 5) is 26.9. The van der Waals surface area contributed by atoms with E-state index in [-0.39, 0.29) is 12.5 Å². The summed E-state index contributed by atoms with van der Waals surface area (Å²) < 4.78 is 5.92. The van der Waals surface area contributed by atoms with Crippen LogP contribution in [0.5, 0.6) is 5.75 Å². The predicted molar refractivity (Wildman–Crippen MR) is 112 cm³/mol. The van der Waals surface area contributed by atoms with E-state index in [9.17, 15) is 9.59 Å². The van der Waals surface area contributed by atoms with Crippen molar-refractivity contribution in [2.45, 2.75) is 27.2 Å². The van der Waals surface area contributed by atoms with E-state index in [2.05, 4.69) is 10.6 Å². The Morgan fingerprint density at radius 1 is 1.21 bits per heavy atom. The van der Waals surface area contributed by atoms with Crippen LogP contribution < -0.4 is 20.3 Å². The predicted octanol–water partition coefficient (Wildman–Crippen LogP) is 5.15. The van der Waals surface area contributed by atoms with E-state index in [4.69, 9.17) is 16.3 Å². The molecule has 3 amide bonds. The van der Waals surface area contributed by atoms with Crippen LogP contribution in [0.25, 0.3) is 0 Å². The van der Waals surface area contributed by atoms with E-state index in [0.29, 0.717) is 28.7 Å². The molecule has 3 rings (SSSR count). The Hall–Kier alpha value is -2.73. The van der Waals surface area contributed by atoms with Crippen LogP contribution in [0, 0.1) is 5.41 Å². The van der Waals surface area contributed by atoms with Crippen molar-refractivity contribution in [2.24, 2.45) is 5.41 Å². The lowest BCUT2D eigenvalue weighted by Gasteiger charge is -2.27. The Morgan fingerprint density at radius 3 is 2.68 bits per heavy atom. The maximum atomic E-state index is 12.9. The molecule has 0 saturated heterocycles. The summed E-state index contributed by atoms with van der Waals surface area (Å²) in [6.07, 6.45) is 0.835. The van der Waals surface area contributed by atoms with Crippen molar-refractivity contribution in [3.63, 3.8) is 0 Å². The van der Waals surface area contributed by atoms with Gasteiger partial charge >= 0.3 is 6.03 Å². The minimum absolute atomic E-state index is 0.0327. The summed E-state index contributed by atoms with van der Waals surface area (Å²) in [6, 6.07) is 11.9. The highest BCUT2D eigenvalue weighted by Crippen LogP contribution is 2.38. The van der Waals surface area contributed by atoms with Crippen molar-refractivity contribution in [1.29, 1.82) is 0 Å². The van der Waals surface area contributed by atoms with Crippen LogP contribution >= 0.6 is 11.6 Å². The highest BCUT2D eigenvalue weighted by Gasteiger charge is 2.37. The van der Waals surface area contributed by atoms with Crippen molar-refractivity contribution >= 4 is 40.6 Å². The Bertz CT molecular complexity index is 898. The average Bonchev–Trinajstić information content (AvgIpc) is 2.74. The Balaban J connectivity index is 1.81. The molecule has 0 bridgehead atoms. The van der Waals surface area contributed by atoms with Gasteiger partial charge in [-0.25, -0.2) is 4.79 Å². The van der Waals surface area contributed by atoms with Crippen molar-refractivity contribution in [3.8, 4) is 5.75 Å². The van der Waals surface area contributed by atoms with Gasteiger partial charge in [0.15, 0.2) is 0 Å². The molecule has 0 unspecified atom stereocenters. The van der Waals surface area contributed by atoms with Crippen LogP contribution in [0.15, 0.2) is 42.5 Å². The van der Waals surface area contributed by atoms with Crippen LogP contribution in [-0.4, -0.2) is 25.1 Å². The van der Waals surface area contributed by atoms with E-state index < -0.39 is 11.4 Å². The molecule has 2 aromatic carbocycles. The average molecular weight is 402 g/mol. The quantitative estimate of drug-likeness (QED) is 0.744. The number of benzene rings is 2. The van der Waals surface area contributed by atoms with E-state index in [1.807, 2.05) is 20.8 Å². The largest absolute Gasteiger partial charge is 0.490 e. The Kier molecular flexibility index (Phi) is 5.79. The monoisotopic (exact) mass is 401 g/mol. The lowest BCUT2D eigenvalue weighted by atomic mass is 9.93. The molecule has 2 N–H and O–H groups in total. The number of ether oxygens (including phenoxy) is 1. The molecule has 1 heterocycles. The number of amides is 3. The summed E-state index contributed by atoms with van der Waals surface area (Å²) in [5.74, 6) is 0.605. The third kappa shape index (κ3) is 4.22. The summed E-state index contributed by atoms with van der Waals surface area (Å²) in [6.45, 7) is 6.66. The molecule has 0 atom stereocenters. The summed E-state index contributed by atoms with van der Waals surface area (Å²) in [7, 11) is 0. The zero-order valence-corrected chi connectivity index (χ0v) is 17.0. The summed E-state index contributed by atoms with van der Waals surface area (Å²) in [5, 5.41) is 5.95. The van der Waals surface area contributed by atoms with E-state index in [1.165, 1.54) is 0 Å². The van der Waals surface area contributed by atoms with Crippen LogP contribution in [0.1, 0.15) is 27.2 Å². The standard InChI is InChI=1S/C21H24ClN3O3/c1-4-11-25-17-10-9-14(12-18(17)28-13-21(2,3)19(25)26)23-20(27)24-16-8-6-5-7-15(16)22/h5-10,12H,4,11,13H2,1-3H3,(H2,23,24,27). The molecule has 0 saturated carbocycles. The first-order valence-corrected chi connectivity index (χ1v) is 9.61. The van der Waals surface area contributed by atoms with Gasteiger partial charge in [0, 0.05) is 18.3 Å². The topological polar surface area (TPSA) is 70.7 Å². The fraction of sp³-hybridized carbons (Fsp3) is 0.333. The highest BCUT2D eigenvalue weighted by molar-refractivity contribution is 6.33. The van der Waals surface area contributed by atoms with Gasteiger partial charge in [-0.1, -0.05) is 30.7 Å². The number of carbonyl (C=O) groups is 2. The van der Waals surface area contributed by atoms with Crippen LogP contribution in [0.3, 0.4) is 0 Å². The smallest absolute Gasteiger partial charge is 0.323 e. The molecule has 0 spiro atoms. The molecule has 6 nitrogen and oxygen atoms in total. The van der Waals surface area contributed by atoms with Gasteiger partial charge in [0.05, 0.1) is 21.8 Å². The van der Waals surface area contributed by atoms with Gasteiger partial charge in [0.1, 0.15) is 12.4 Å². The van der Waals surface area contributed by atoms with Crippen molar-refractivity contribution in [2.75, 3.05) is 28.7 Å². The number of fused-ring (bicyclic) bond motifs is 1. The van der Waals surface area contributed by atoms with Gasteiger partial charge < -0.3 is 20.3 Å². The second-order valence-electron chi connectivity index (χ2n) is 7.37. The molecule has 0 aromatic heterocycles. The van der Waals surface area contributed by atoms with Gasteiger partial charge in [-0.15, -0.1) is 0 Å². The maximum Gasteiger partial charge on any atom is 0.323 e. The van der Waals surface area contributed by atoms with Gasteiger partial charge in [0.2, 0.25) is 5.91 Å². The Morgan fingerprint density at radius 2 is 1.96 bits per heavy atom. The first kappa shape index (κ1) is 20.0. The number of nitrogens with one attached hydrogen (secondary N) is 2. The first-order valence-electron chi connectivity index (χ1n) is 9.23. The zero-order valence-electron chi connectivity index (χ0n) is 16.2.